The monoisotopic (exact) mass is 572 g/mol. The number of likely N-dealkylation sites (tertiary alicyclic amines) is 1. The molecule has 3 fully saturated rings. The first-order chi connectivity index (χ1) is 18.1. The molecule has 1 heterocycles. The summed E-state index contributed by atoms with van der Waals surface area (Å²) in [7, 11) is 0. The van der Waals surface area contributed by atoms with Gasteiger partial charge in [0.15, 0.2) is 0 Å². The normalized spacial score (nSPS) is 19.8. The Bertz CT molecular complexity index is 1160. The van der Waals surface area contributed by atoms with Crippen LogP contribution >= 0.6 is 23.2 Å². The highest BCUT2D eigenvalue weighted by Gasteiger charge is 2.45. The third kappa shape index (κ3) is 6.75. The fourth-order valence-corrected chi connectivity index (χ4v) is 5.71. The molecule has 0 radical (unpaired) electrons. The van der Waals surface area contributed by atoms with E-state index in [1.807, 2.05) is 0 Å². The van der Waals surface area contributed by atoms with E-state index >= 15 is 0 Å². The van der Waals surface area contributed by atoms with Crippen LogP contribution in [0.15, 0.2) is 30.3 Å². The van der Waals surface area contributed by atoms with Crippen LogP contribution in [0.5, 0.6) is 5.75 Å². The van der Waals surface area contributed by atoms with E-state index in [0.29, 0.717) is 31.1 Å². The van der Waals surface area contributed by atoms with Gasteiger partial charge in [-0.1, -0.05) is 23.2 Å². The van der Waals surface area contributed by atoms with Crippen LogP contribution < -0.4 is 10.1 Å². The van der Waals surface area contributed by atoms with Crippen LogP contribution in [0.4, 0.5) is 17.6 Å². The number of carbonyl (C=O) groups excluding carboxylic acids is 1. The van der Waals surface area contributed by atoms with Gasteiger partial charge in [0.1, 0.15) is 17.6 Å². The van der Waals surface area contributed by atoms with Crippen molar-refractivity contribution in [3.8, 4) is 5.75 Å². The van der Waals surface area contributed by atoms with Gasteiger partial charge >= 0.3 is 6.18 Å². The molecule has 0 bridgehead atoms. The van der Waals surface area contributed by atoms with Gasteiger partial charge in [0.25, 0.3) is 5.91 Å². The van der Waals surface area contributed by atoms with Crippen molar-refractivity contribution in [3.63, 3.8) is 0 Å². The quantitative estimate of drug-likeness (QED) is 0.315. The van der Waals surface area contributed by atoms with Crippen LogP contribution in [0.2, 0.25) is 10.0 Å². The molecule has 1 atom stereocenters. The van der Waals surface area contributed by atoms with Gasteiger partial charge in [-0.15, -0.1) is 0 Å². The Balaban J connectivity index is 1.22. The van der Waals surface area contributed by atoms with Crippen LogP contribution in [-0.2, 0) is 0 Å². The smallest absolute Gasteiger partial charge is 0.408 e. The third-order valence-electron chi connectivity index (χ3n) is 7.61. The van der Waals surface area contributed by atoms with Crippen LogP contribution in [-0.4, -0.2) is 43.2 Å². The summed E-state index contributed by atoms with van der Waals surface area (Å²) in [5.74, 6) is 0.150. The highest BCUT2D eigenvalue weighted by Crippen LogP contribution is 2.46. The first kappa shape index (κ1) is 27.5. The Labute approximate surface area is 229 Å². The summed E-state index contributed by atoms with van der Waals surface area (Å²) in [6.45, 7) is 1.30. The second-order valence-electron chi connectivity index (χ2n) is 10.7. The van der Waals surface area contributed by atoms with E-state index in [1.165, 1.54) is 29.2 Å². The van der Waals surface area contributed by atoms with Crippen molar-refractivity contribution in [1.82, 2.24) is 10.2 Å². The van der Waals surface area contributed by atoms with Gasteiger partial charge in [-0.05, 0) is 105 Å². The van der Waals surface area contributed by atoms with Gasteiger partial charge in [0.2, 0.25) is 0 Å². The van der Waals surface area contributed by atoms with E-state index < -0.39 is 23.9 Å². The molecular weight excluding hydrogens is 543 g/mol. The van der Waals surface area contributed by atoms with Crippen LogP contribution in [0.1, 0.15) is 72.0 Å². The molecule has 0 aromatic heterocycles. The van der Waals surface area contributed by atoms with Gasteiger partial charge in [0, 0.05) is 22.7 Å². The van der Waals surface area contributed by atoms with E-state index in [1.54, 1.807) is 6.07 Å². The maximum Gasteiger partial charge on any atom is 0.408 e. The highest BCUT2D eigenvalue weighted by molar-refractivity contribution is 6.34. The maximum absolute atomic E-state index is 14.9. The van der Waals surface area contributed by atoms with Crippen LogP contribution in [0.25, 0.3) is 0 Å². The molecule has 206 valence electrons. The zero-order valence-electron chi connectivity index (χ0n) is 20.8. The summed E-state index contributed by atoms with van der Waals surface area (Å²) in [6.07, 6.45) is 0.612. The number of hydrogen-bond acceptors (Lipinski definition) is 3. The largest absolute Gasteiger partial charge is 0.493 e. The zero-order chi connectivity index (χ0) is 27.0. The van der Waals surface area contributed by atoms with Crippen molar-refractivity contribution in [3.05, 3.63) is 62.9 Å². The van der Waals surface area contributed by atoms with Crippen molar-refractivity contribution in [2.45, 2.75) is 56.7 Å². The Kier molecular flexibility index (Phi) is 8.13. The molecule has 1 N–H and O–H groups in total. The average Bonchev–Trinajstić information content (AvgIpc) is 3.75. The molecule has 1 aliphatic heterocycles. The first-order valence-electron chi connectivity index (χ1n) is 13.1. The minimum absolute atomic E-state index is 0.0236. The molecule has 5 rings (SSSR count). The maximum atomic E-state index is 14.9. The number of alkyl halides is 3. The number of benzene rings is 2. The standard InChI is InChI=1S/C28H30Cl2F4N2O2/c29-20-9-19(10-21(30)11-20)26(28(32,33)34)36-7-5-17(6-8-36)15-38-25-13-24(31)23(12-22(25)18-3-4-18)27(37)35-14-16-1-2-16/h9-13,16-18,26H,1-8,14-15H2,(H,35,37). The third-order valence-corrected chi connectivity index (χ3v) is 8.05. The molecule has 3 aliphatic rings. The van der Waals surface area contributed by atoms with Crippen molar-refractivity contribution < 1.29 is 27.1 Å². The van der Waals surface area contributed by atoms with Crippen LogP contribution in [0.3, 0.4) is 0 Å². The van der Waals surface area contributed by atoms with Crippen molar-refractivity contribution >= 4 is 29.1 Å². The van der Waals surface area contributed by atoms with Gasteiger partial charge in [-0.25, -0.2) is 4.39 Å². The van der Waals surface area contributed by atoms with Crippen molar-refractivity contribution in [2.75, 3.05) is 26.2 Å². The minimum atomic E-state index is -4.49. The van der Waals surface area contributed by atoms with E-state index in [-0.39, 0.29) is 52.7 Å². The SMILES string of the molecule is O=C(NCC1CC1)c1cc(C2CC2)c(OCC2CCN(C(c3cc(Cl)cc(Cl)c3)C(F)(F)F)CC2)cc1F. The molecular formula is C28H30Cl2F4N2O2. The number of carbonyl (C=O) groups is 1. The summed E-state index contributed by atoms with van der Waals surface area (Å²) in [5, 5.41) is 3.14. The number of nitrogens with zero attached hydrogens (tertiary/aromatic N) is 1. The number of halogens is 6. The van der Waals surface area contributed by atoms with Crippen molar-refractivity contribution in [2.24, 2.45) is 11.8 Å². The van der Waals surface area contributed by atoms with Gasteiger partial charge in [-0.2, -0.15) is 13.2 Å². The van der Waals surface area contributed by atoms with E-state index in [0.717, 1.165) is 31.2 Å². The number of hydrogen-bond donors (Lipinski definition) is 1. The Hall–Kier alpha value is -2.03. The van der Waals surface area contributed by atoms with E-state index in [9.17, 15) is 22.4 Å². The predicted octanol–water partition coefficient (Wildman–Crippen LogP) is 7.54. The lowest BCUT2D eigenvalue weighted by molar-refractivity contribution is -0.190. The van der Waals surface area contributed by atoms with Gasteiger partial charge < -0.3 is 10.1 Å². The van der Waals surface area contributed by atoms with Crippen LogP contribution in [0, 0.1) is 17.7 Å². The molecule has 10 heteroatoms. The number of amides is 1. The summed E-state index contributed by atoms with van der Waals surface area (Å²) in [5.41, 5.74) is 0.887. The highest BCUT2D eigenvalue weighted by atomic mass is 35.5. The molecule has 4 nitrogen and oxygen atoms in total. The number of nitrogens with one attached hydrogen (secondary N) is 1. The van der Waals surface area contributed by atoms with Gasteiger partial charge in [-0.3, -0.25) is 9.69 Å². The summed E-state index contributed by atoms with van der Waals surface area (Å²) >= 11 is 12.0. The lowest BCUT2D eigenvalue weighted by Crippen LogP contribution is -2.43. The van der Waals surface area contributed by atoms with Crippen molar-refractivity contribution in [1.29, 1.82) is 0 Å². The summed E-state index contributed by atoms with van der Waals surface area (Å²) < 4.78 is 63.0. The molecule has 0 spiro atoms. The molecule has 2 aromatic carbocycles. The lowest BCUT2D eigenvalue weighted by atomic mass is 9.94. The number of rotatable bonds is 9. The molecule has 1 saturated heterocycles. The molecule has 2 aliphatic carbocycles. The van der Waals surface area contributed by atoms with Gasteiger partial charge in [0.05, 0.1) is 12.2 Å². The zero-order valence-corrected chi connectivity index (χ0v) is 22.3. The Morgan fingerprint density at radius 1 is 0.974 bits per heavy atom. The molecule has 1 unspecified atom stereocenters. The molecule has 38 heavy (non-hydrogen) atoms. The van der Waals surface area contributed by atoms with E-state index in [4.69, 9.17) is 27.9 Å². The second kappa shape index (κ2) is 11.2. The summed E-state index contributed by atoms with van der Waals surface area (Å²) in [4.78, 5) is 13.9. The second-order valence-corrected chi connectivity index (χ2v) is 11.6. The fraction of sp³-hybridized carbons (Fsp3) is 0.536. The molecule has 2 saturated carbocycles. The Morgan fingerprint density at radius 2 is 1.63 bits per heavy atom. The summed E-state index contributed by atoms with van der Waals surface area (Å²) in [6, 6.07) is 5.13. The number of ether oxygens (including phenoxy) is 1. The predicted molar refractivity (Wildman–Crippen MR) is 138 cm³/mol. The number of piperidine rings is 1. The Morgan fingerprint density at radius 3 is 2.21 bits per heavy atom. The lowest BCUT2D eigenvalue weighted by Gasteiger charge is -2.38. The molecule has 2 aromatic rings. The fourth-order valence-electron chi connectivity index (χ4n) is 5.16. The van der Waals surface area contributed by atoms with E-state index in [2.05, 4.69) is 5.32 Å². The molecule has 1 amide bonds. The topological polar surface area (TPSA) is 41.6 Å². The first-order valence-corrected chi connectivity index (χ1v) is 13.8. The minimum Gasteiger partial charge on any atom is -0.493 e. The average molecular weight is 573 g/mol.